The molecule has 0 bridgehead atoms. The highest BCUT2D eigenvalue weighted by Gasteiger charge is 2.19. The molecule has 0 unspecified atom stereocenters. The maximum Gasteiger partial charge on any atom is 0.273 e. The van der Waals surface area contributed by atoms with E-state index >= 15 is 0 Å². The van der Waals surface area contributed by atoms with Crippen molar-refractivity contribution in [2.45, 2.75) is 19.0 Å². The van der Waals surface area contributed by atoms with Gasteiger partial charge < -0.3 is 0 Å². The van der Waals surface area contributed by atoms with Gasteiger partial charge in [0, 0.05) is 12.7 Å². The predicted molar refractivity (Wildman–Crippen MR) is 59.4 cm³/mol. The zero-order chi connectivity index (χ0) is 12.8. The van der Waals surface area contributed by atoms with Crippen molar-refractivity contribution >= 4 is 10.0 Å². The van der Waals surface area contributed by atoms with Gasteiger partial charge in [-0.3, -0.25) is 4.68 Å². The average molecular weight is 256 g/mol. The van der Waals surface area contributed by atoms with Crippen LogP contribution in [-0.4, -0.2) is 33.4 Å². The summed E-state index contributed by atoms with van der Waals surface area (Å²) in [7, 11) is -2.07. The molecular weight excluding hydrogens is 244 g/mol. The zero-order valence-electron chi connectivity index (χ0n) is 9.59. The summed E-state index contributed by atoms with van der Waals surface area (Å²) in [6.07, 6.45) is 0. The monoisotopic (exact) mass is 256 g/mol. The second-order valence-electron chi connectivity index (χ2n) is 3.68. The van der Waals surface area contributed by atoms with E-state index in [1.54, 1.807) is 18.7 Å². The van der Waals surface area contributed by atoms with Crippen LogP contribution < -0.4 is 5.14 Å². The van der Waals surface area contributed by atoms with Gasteiger partial charge in [0.25, 0.3) is 15.2 Å². The van der Waals surface area contributed by atoms with E-state index in [1.807, 2.05) is 6.92 Å². The van der Waals surface area contributed by atoms with Crippen LogP contribution in [-0.2, 0) is 17.1 Å². The lowest BCUT2D eigenvalue weighted by molar-refractivity contribution is 0.589. The maximum absolute atomic E-state index is 11.1. The lowest BCUT2D eigenvalue weighted by Crippen LogP contribution is -2.13. The number of nitrogens with one attached hydrogen (secondary N) is 1. The number of hydrogen-bond donors (Lipinski definition) is 2. The average Bonchev–Trinajstić information content (AvgIpc) is 2.73. The van der Waals surface area contributed by atoms with E-state index in [0.29, 0.717) is 5.56 Å². The summed E-state index contributed by atoms with van der Waals surface area (Å²) in [5.74, 6) is 0.275. The Morgan fingerprint density at radius 1 is 1.35 bits per heavy atom. The molecule has 2 aromatic heterocycles. The Kier molecular flexibility index (Phi) is 2.51. The van der Waals surface area contributed by atoms with Crippen LogP contribution in [0, 0.1) is 13.8 Å². The van der Waals surface area contributed by atoms with Gasteiger partial charge in [0.1, 0.15) is 0 Å². The van der Waals surface area contributed by atoms with Crippen LogP contribution in [0.4, 0.5) is 0 Å². The number of primary sulfonamides is 1. The first-order chi connectivity index (χ1) is 7.80. The minimum absolute atomic E-state index is 0.275. The number of H-pyrrole nitrogens is 1. The van der Waals surface area contributed by atoms with Crippen molar-refractivity contribution in [3.63, 3.8) is 0 Å². The van der Waals surface area contributed by atoms with Crippen LogP contribution in [0.5, 0.6) is 0 Å². The van der Waals surface area contributed by atoms with Crippen LogP contribution in [0.1, 0.15) is 11.4 Å². The largest absolute Gasteiger partial charge is 0.273 e. The van der Waals surface area contributed by atoms with Crippen LogP contribution in [0.2, 0.25) is 0 Å². The molecule has 8 nitrogen and oxygen atoms in total. The fourth-order valence-corrected chi connectivity index (χ4v) is 1.97. The molecule has 0 fully saturated rings. The van der Waals surface area contributed by atoms with Crippen LogP contribution >= 0.6 is 0 Å². The lowest BCUT2D eigenvalue weighted by atomic mass is 10.2. The van der Waals surface area contributed by atoms with E-state index < -0.39 is 10.0 Å². The van der Waals surface area contributed by atoms with Crippen molar-refractivity contribution < 1.29 is 8.42 Å². The molecule has 0 aromatic carbocycles. The van der Waals surface area contributed by atoms with Gasteiger partial charge in [-0.1, -0.05) is 0 Å². The summed E-state index contributed by atoms with van der Waals surface area (Å²) in [5, 5.41) is 14.9. The normalized spacial score (nSPS) is 12.0. The topological polar surface area (TPSA) is 120 Å². The van der Waals surface area contributed by atoms with Gasteiger partial charge in [-0.05, 0) is 13.8 Å². The molecule has 9 heteroatoms. The second kappa shape index (κ2) is 3.64. The molecule has 0 spiro atoms. The summed E-state index contributed by atoms with van der Waals surface area (Å²) in [6.45, 7) is 3.65. The third kappa shape index (κ3) is 1.94. The molecule has 0 amide bonds. The Balaban J connectivity index is 2.59. The van der Waals surface area contributed by atoms with Crippen molar-refractivity contribution in [1.82, 2.24) is 25.0 Å². The summed E-state index contributed by atoms with van der Waals surface area (Å²) in [5.41, 5.74) is 2.28. The zero-order valence-corrected chi connectivity index (χ0v) is 10.4. The molecule has 0 saturated heterocycles. The fraction of sp³-hybridized carbons (Fsp3) is 0.375. The molecule has 0 aliphatic rings. The summed E-state index contributed by atoms with van der Waals surface area (Å²) >= 11 is 0. The minimum atomic E-state index is -3.87. The molecule has 0 radical (unpaired) electrons. The van der Waals surface area contributed by atoms with Gasteiger partial charge in [-0.15, -0.1) is 0 Å². The highest BCUT2D eigenvalue weighted by atomic mass is 32.2. The number of aromatic amines is 1. The molecule has 3 N–H and O–H groups in total. The number of nitrogens with two attached hydrogens (primary N) is 1. The number of aryl methyl sites for hydroxylation is 2. The van der Waals surface area contributed by atoms with E-state index in [2.05, 4.69) is 20.3 Å². The molecule has 0 aliphatic carbocycles. The van der Waals surface area contributed by atoms with E-state index in [-0.39, 0.29) is 11.0 Å². The number of hydrogen-bond acceptors (Lipinski definition) is 5. The van der Waals surface area contributed by atoms with Crippen molar-refractivity contribution in [2.75, 3.05) is 0 Å². The Morgan fingerprint density at radius 3 is 2.41 bits per heavy atom. The molecular formula is C8H12N6O2S. The SMILES string of the molecule is Cc1nn(C)c(C)c1-c1n[nH]c(S(N)(=O)=O)n1. The number of sulfonamides is 1. The smallest absolute Gasteiger partial charge is 0.272 e. The third-order valence-electron chi connectivity index (χ3n) is 2.47. The van der Waals surface area contributed by atoms with Crippen LogP contribution in [0.25, 0.3) is 11.4 Å². The van der Waals surface area contributed by atoms with Crippen molar-refractivity contribution in [3.05, 3.63) is 11.4 Å². The van der Waals surface area contributed by atoms with Crippen molar-refractivity contribution in [1.29, 1.82) is 0 Å². The fourth-order valence-electron chi connectivity index (χ4n) is 1.58. The highest BCUT2D eigenvalue weighted by Crippen LogP contribution is 2.23. The number of nitrogens with zero attached hydrogens (tertiary/aromatic N) is 4. The van der Waals surface area contributed by atoms with E-state index in [4.69, 9.17) is 5.14 Å². The van der Waals surface area contributed by atoms with E-state index in [0.717, 1.165) is 11.4 Å². The van der Waals surface area contributed by atoms with Gasteiger partial charge in [0.15, 0.2) is 5.82 Å². The lowest BCUT2D eigenvalue weighted by Gasteiger charge is -1.95. The molecule has 2 heterocycles. The first-order valence-corrected chi connectivity index (χ1v) is 6.31. The van der Waals surface area contributed by atoms with Crippen LogP contribution in [0.3, 0.4) is 0 Å². The highest BCUT2D eigenvalue weighted by molar-refractivity contribution is 7.89. The Bertz CT molecular complexity index is 668. The molecule has 0 atom stereocenters. The standard InChI is InChI=1S/C8H12N6O2S/c1-4-6(5(2)14(3)13-4)7-10-8(12-11-7)17(9,15)16/h1-3H3,(H2,9,15,16)(H,10,11,12). The second-order valence-corrected chi connectivity index (χ2v) is 5.16. The first kappa shape index (κ1) is 11.7. The summed E-state index contributed by atoms with van der Waals surface area (Å²) in [6, 6.07) is 0. The molecule has 0 saturated carbocycles. The summed E-state index contributed by atoms with van der Waals surface area (Å²) < 4.78 is 23.8. The molecule has 92 valence electrons. The first-order valence-electron chi connectivity index (χ1n) is 4.76. The Morgan fingerprint density at radius 2 is 2.00 bits per heavy atom. The van der Waals surface area contributed by atoms with E-state index in [9.17, 15) is 8.42 Å². The van der Waals surface area contributed by atoms with E-state index in [1.165, 1.54) is 0 Å². The minimum Gasteiger partial charge on any atom is -0.272 e. The summed E-state index contributed by atoms with van der Waals surface area (Å²) in [4.78, 5) is 3.85. The van der Waals surface area contributed by atoms with Gasteiger partial charge in [-0.2, -0.15) is 15.2 Å². The Hall–Kier alpha value is -1.74. The third-order valence-corrected chi connectivity index (χ3v) is 3.19. The van der Waals surface area contributed by atoms with Crippen molar-refractivity contribution in [3.8, 4) is 11.4 Å². The number of aromatic nitrogens is 5. The van der Waals surface area contributed by atoms with Crippen LogP contribution in [0.15, 0.2) is 5.16 Å². The predicted octanol–water partition coefficient (Wildman–Crippen LogP) is -0.531. The molecule has 0 aliphatic heterocycles. The molecule has 2 rings (SSSR count). The molecule has 17 heavy (non-hydrogen) atoms. The van der Waals surface area contributed by atoms with Gasteiger partial charge in [0.2, 0.25) is 0 Å². The number of rotatable bonds is 2. The quantitative estimate of drug-likeness (QED) is 0.748. The van der Waals surface area contributed by atoms with Gasteiger partial charge in [-0.25, -0.2) is 18.7 Å². The van der Waals surface area contributed by atoms with Crippen molar-refractivity contribution in [2.24, 2.45) is 12.2 Å². The Labute approximate surface area is 97.9 Å². The molecule has 2 aromatic rings. The van der Waals surface area contributed by atoms with Gasteiger partial charge in [0.05, 0.1) is 11.3 Å². The maximum atomic E-state index is 11.1. The van der Waals surface area contributed by atoms with Gasteiger partial charge >= 0.3 is 0 Å².